The Labute approximate surface area is 126 Å². The third kappa shape index (κ3) is 6.44. The molecule has 0 radical (unpaired) electrons. The minimum Gasteiger partial charge on any atom is -0.497 e. The summed E-state index contributed by atoms with van der Waals surface area (Å²) >= 11 is 3.62. The lowest BCUT2D eigenvalue weighted by Crippen LogP contribution is -2.22. The average molecular weight is 328 g/mol. The molecule has 0 aliphatic rings. The lowest BCUT2D eigenvalue weighted by molar-refractivity contribution is 0.413. The van der Waals surface area contributed by atoms with Gasteiger partial charge in [0.05, 0.1) is 7.11 Å². The van der Waals surface area contributed by atoms with Gasteiger partial charge in [0.1, 0.15) is 5.75 Å². The first kappa shape index (κ1) is 16.5. The molecule has 0 saturated heterocycles. The zero-order valence-electron chi connectivity index (χ0n) is 12.5. The van der Waals surface area contributed by atoms with Crippen LogP contribution in [0.25, 0.3) is 0 Å². The molecule has 19 heavy (non-hydrogen) atoms. The Bertz CT molecular complexity index is 379. The van der Waals surface area contributed by atoms with Crippen molar-refractivity contribution in [2.24, 2.45) is 11.8 Å². The fourth-order valence-electron chi connectivity index (χ4n) is 2.05. The van der Waals surface area contributed by atoms with Crippen LogP contribution < -0.4 is 10.1 Å². The summed E-state index contributed by atoms with van der Waals surface area (Å²) in [5, 5.41) is 3.50. The Morgan fingerprint density at radius 2 is 2.00 bits per heavy atom. The van der Waals surface area contributed by atoms with E-state index in [9.17, 15) is 0 Å². The highest BCUT2D eigenvalue weighted by atomic mass is 79.9. The molecule has 0 saturated carbocycles. The van der Waals surface area contributed by atoms with Gasteiger partial charge >= 0.3 is 0 Å². The molecule has 1 N–H and O–H groups in total. The van der Waals surface area contributed by atoms with Crippen molar-refractivity contribution in [3.8, 4) is 5.75 Å². The smallest absolute Gasteiger partial charge is 0.119 e. The molecule has 1 unspecified atom stereocenters. The second-order valence-electron chi connectivity index (χ2n) is 5.65. The molecule has 0 bridgehead atoms. The van der Waals surface area contributed by atoms with E-state index < -0.39 is 0 Å². The third-order valence-electron chi connectivity index (χ3n) is 3.19. The molecular weight excluding hydrogens is 302 g/mol. The first-order chi connectivity index (χ1) is 9.02. The third-order valence-corrected chi connectivity index (χ3v) is 3.96. The van der Waals surface area contributed by atoms with E-state index in [1.165, 1.54) is 16.5 Å². The summed E-state index contributed by atoms with van der Waals surface area (Å²) in [6.07, 6.45) is 2.29. The van der Waals surface area contributed by atoms with Gasteiger partial charge in [0.25, 0.3) is 0 Å². The number of benzene rings is 1. The Hall–Kier alpha value is -0.540. The molecule has 0 aromatic heterocycles. The number of rotatable bonds is 8. The topological polar surface area (TPSA) is 21.3 Å². The van der Waals surface area contributed by atoms with Crippen molar-refractivity contribution < 1.29 is 4.74 Å². The standard InChI is InChI=1S/C16H26BrNO/c1-12(2)11-18-8-7-13(3)9-14-10-15(19-4)5-6-16(14)17/h5-6,10,12-13,18H,7-9,11H2,1-4H3. The molecule has 108 valence electrons. The molecule has 0 aliphatic carbocycles. The summed E-state index contributed by atoms with van der Waals surface area (Å²) in [5.74, 6) is 2.33. The predicted molar refractivity (Wildman–Crippen MR) is 85.9 cm³/mol. The number of hydrogen-bond acceptors (Lipinski definition) is 2. The van der Waals surface area contributed by atoms with Crippen molar-refractivity contribution in [3.63, 3.8) is 0 Å². The van der Waals surface area contributed by atoms with Gasteiger partial charge in [-0.1, -0.05) is 36.7 Å². The summed E-state index contributed by atoms with van der Waals surface area (Å²) < 4.78 is 6.46. The lowest BCUT2D eigenvalue weighted by Gasteiger charge is -2.15. The Kier molecular flexibility index (Phi) is 7.47. The summed E-state index contributed by atoms with van der Waals surface area (Å²) in [5.41, 5.74) is 1.33. The van der Waals surface area contributed by atoms with E-state index in [1.54, 1.807) is 7.11 Å². The molecule has 0 amide bonds. The quantitative estimate of drug-likeness (QED) is 0.720. The van der Waals surface area contributed by atoms with Gasteiger partial charge in [0, 0.05) is 4.47 Å². The van der Waals surface area contributed by atoms with E-state index in [0.29, 0.717) is 5.92 Å². The first-order valence-electron chi connectivity index (χ1n) is 7.06. The highest BCUT2D eigenvalue weighted by Gasteiger charge is 2.08. The summed E-state index contributed by atoms with van der Waals surface area (Å²) in [4.78, 5) is 0. The molecule has 0 aliphatic heterocycles. The zero-order chi connectivity index (χ0) is 14.3. The van der Waals surface area contributed by atoms with Crippen molar-refractivity contribution in [2.75, 3.05) is 20.2 Å². The van der Waals surface area contributed by atoms with Crippen LogP contribution in [-0.2, 0) is 6.42 Å². The van der Waals surface area contributed by atoms with Gasteiger partial charge in [-0.15, -0.1) is 0 Å². The minimum atomic E-state index is 0.670. The van der Waals surface area contributed by atoms with Crippen LogP contribution in [0.15, 0.2) is 22.7 Å². The van der Waals surface area contributed by atoms with Gasteiger partial charge < -0.3 is 10.1 Å². The number of halogens is 1. The molecule has 0 spiro atoms. The predicted octanol–water partition coefficient (Wildman–Crippen LogP) is 4.27. The highest BCUT2D eigenvalue weighted by molar-refractivity contribution is 9.10. The van der Waals surface area contributed by atoms with Gasteiger partial charge in [-0.25, -0.2) is 0 Å². The second kappa shape index (κ2) is 8.60. The number of nitrogens with one attached hydrogen (secondary N) is 1. The van der Waals surface area contributed by atoms with E-state index in [-0.39, 0.29) is 0 Å². The van der Waals surface area contributed by atoms with Crippen LogP contribution >= 0.6 is 15.9 Å². The van der Waals surface area contributed by atoms with Crippen molar-refractivity contribution >= 4 is 15.9 Å². The monoisotopic (exact) mass is 327 g/mol. The van der Waals surface area contributed by atoms with Crippen LogP contribution in [0.1, 0.15) is 32.8 Å². The Balaban J connectivity index is 2.41. The number of methoxy groups -OCH3 is 1. The van der Waals surface area contributed by atoms with Crippen LogP contribution in [0.3, 0.4) is 0 Å². The normalized spacial score (nSPS) is 12.7. The molecule has 1 atom stereocenters. The van der Waals surface area contributed by atoms with Crippen LogP contribution in [-0.4, -0.2) is 20.2 Å². The van der Waals surface area contributed by atoms with Crippen molar-refractivity contribution in [2.45, 2.75) is 33.6 Å². The molecule has 2 nitrogen and oxygen atoms in total. The fraction of sp³-hybridized carbons (Fsp3) is 0.625. The largest absolute Gasteiger partial charge is 0.497 e. The van der Waals surface area contributed by atoms with Gasteiger partial charge in [-0.05, 0) is 61.5 Å². The lowest BCUT2D eigenvalue weighted by atomic mass is 9.98. The summed E-state index contributed by atoms with van der Waals surface area (Å²) in [6.45, 7) is 8.99. The molecule has 3 heteroatoms. The second-order valence-corrected chi connectivity index (χ2v) is 6.51. The van der Waals surface area contributed by atoms with E-state index in [1.807, 2.05) is 6.07 Å². The van der Waals surface area contributed by atoms with Gasteiger partial charge in [-0.2, -0.15) is 0 Å². The molecule has 0 fully saturated rings. The Morgan fingerprint density at radius 1 is 1.26 bits per heavy atom. The van der Waals surface area contributed by atoms with Crippen LogP contribution in [0.5, 0.6) is 5.75 Å². The van der Waals surface area contributed by atoms with Gasteiger partial charge in [-0.3, -0.25) is 0 Å². The van der Waals surface area contributed by atoms with E-state index in [2.05, 4.69) is 54.2 Å². The SMILES string of the molecule is COc1ccc(Br)c(CC(C)CCNCC(C)C)c1. The van der Waals surface area contributed by atoms with E-state index in [0.717, 1.165) is 31.2 Å². The summed E-state index contributed by atoms with van der Waals surface area (Å²) in [6, 6.07) is 6.18. The molecule has 1 aromatic carbocycles. The minimum absolute atomic E-state index is 0.670. The molecule has 1 rings (SSSR count). The van der Waals surface area contributed by atoms with Crippen LogP contribution in [0, 0.1) is 11.8 Å². The highest BCUT2D eigenvalue weighted by Crippen LogP contribution is 2.25. The zero-order valence-corrected chi connectivity index (χ0v) is 14.1. The van der Waals surface area contributed by atoms with Crippen LogP contribution in [0.4, 0.5) is 0 Å². The van der Waals surface area contributed by atoms with Gasteiger partial charge in [0.2, 0.25) is 0 Å². The average Bonchev–Trinajstić information content (AvgIpc) is 2.37. The maximum absolute atomic E-state index is 5.28. The number of hydrogen-bond donors (Lipinski definition) is 1. The Morgan fingerprint density at radius 3 is 2.63 bits per heavy atom. The van der Waals surface area contributed by atoms with E-state index >= 15 is 0 Å². The van der Waals surface area contributed by atoms with Gasteiger partial charge in [0.15, 0.2) is 0 Å². The maximum Gasteiger partial charge on any atom is 0.119 e. The van der Waals surface area contributed by atoms with Crippen molar-refractivity contribution in [1.29, 1.82) is 0 Å². The van der Waals surface area contributed by atoms with Crippen molar-refractivity contribution in [1.82, 2.24) is 5.32 Å². The molecule has 1 aromatic rings. The van der Waals surface area contributed by atoms with E-state index in [4.69, 9.17) is 4.74 Å². The molecule has 0 heterocycles. The first-order valence-corrected chi connectivity index (χ1v) is 7.85. The number of ether oxygens (including phenoxy) is 1. The van der Waals surface area contributed by atoms with Crippen LogP contribution in [0.2, 0.25) is 0 Å². The molecular formula is C16H26BrNO. The maximum atomic E-state index is 5.28. The summed E-state index contributed by atoms with van der Waals surface area (Å²) in [7, 11) is 1.71. The fourth-order valence-corrected chi connectivity index (χ4v) is 2.46. The van der Waals surface area contributed by atoms with Crippen molar-refractivity contribution in [3.05, 3.63) is 28.2 Å².